The molecular weight excluding hydrogens is 374 g/mol. The van der Waals surface area contributed by atoms with Crippen molar-refractivity contribution < 1.29 is 8.78 Å². The van der Waals surface area contributed by atoms with Gasteiger partial charge in [-0.3, -0.25) is 5.10 Å². The molecule has 0 atom stereocenters. The smallest absolute Gasteiger partial charge is 0.164 e. The van der Waals surface area contributed by atoms with Crippen LogP contribution in [0.5, 0.6) is 0 Å². The van der Waals surface area contributed by atoms with E-state index >= 15 is 0 Å². The van der Waals surface area contributed by atoms with Crippen molar-refractivity contribution in [2.24, 2.45) is 0 Å². The number of halogens is 2. The topological polar surface area (TPSA) is 72.3 Å². The average molecular weight is 388 g/mol. The van der Waals surface area contributed by atoms with Crippen LogP contribution in [0.15, 0.2) is 61.2 Å². The van der Waals surface area contributed by atoms with Crippen molar-refractivity contribution >= 4 is 10.9 Å². The summed E-state index contributed by atoms with van der Waals surface area (Å²) in [6.07, 6.45) is 4.91. The molecule has 0 aliphatic rings. The maximum absolute atomic E-state index is 14.3. The highest BCUT2D eigenvalue weighted by molar-refractivity contribution is 5.91. The molecule has 0 bridgehead atoms. The summed E-state index contributed by atoms with van der Waals surface area (Å²) in [5.74, 6) is -0.725. The van der Waals surface area contributed by atoms with Gasteiger partial charge in [0.1, 0.15) is 23.7 Å². The molecular formula is C21H14F2N6. The summed E-state index contributed by atoms with van der Waals surface area (Å²) in [6, 6.07) is 11.2. The first-order chi connectivity index (χ1) is 14.1. The number of hydrogen-bond acceptors (Lipinski definition) is 4. The van der Waals surface area contributed by atoms with Crippen LogP contribution in [0.25, 0.3) is 39.1 Å². The normalized spacial score (nSPS) is 11.3. The molecule has 5 rings (SSSR count). The highest BCUT2D eigenvalue weighted by Gasteiger charge is 2.19. The number of aryl methyl sites for hydroxylation is 1. The molecule has 0 radical (unpaired) electrons. The molecule has 3 aromatic heterocycles. The summed E-state index contributed by atoms with van der Waals surface area (Å²) in [5, 5.41) is 12.0. The molecule has 3 heterocycles. The van der Waals surface area contributed by atoms with Gasteiger partial charge in [-0.15, -0.1) is 0 Å². The minimum Gasteiger partial charge on any atom is -0.284 e. The van der Waals surface area contributed by atoms with E-state index in [0.717, 1.165) is 22.2 Å². The third-order valence-electron chi connectivity index (χ3n) is 4.70. The van der Waals surface area contributed by atoms with E-state index in [1.165, 1.54) is 24.5 Å². The Kier molecular flexibility index (Phi) is 3.90. The van der Waals surface area contributed by atoms with E-state index in [-0.39, 0.29) is 11.3 Å². The summed E-state index contributed by atoms with van der Waals surface area (Å²) in [6.45, 7) is 1.89. The molecule has 0 spiro atoms. The number of fused-ring (bicyclic) bond motifs is 1. The lowest BCUT2D eigenvalue weighted by Gasteiger charge is -2.09. The maximum atomic E-state index is 14.3. The zero-order chi connectivity index (χ0) is 20.0. The van der Waals surface area contributed by atoms with Gasteiger partial charge in [0.25, 0.3) is 0 Å². The Bertz CT molecular complexity index is 1330. The van der Waals surface area contributed by atoms with Crippen molar-refractivity contribution in [1.82, 2.24) is 29.9 Å². The largest absolute Gasteiger partial charge is 0.284 e. The Balaban J connectivity index is 1.71. The van der Waals surface area contributed by atoms with Gasteiger partial charge < -0.3 is 0 Å². The van der Waals surface area contributed by atoms with Crippen molar-refractivity contribution in [2.75, 3.05) is 0 Å². The minimum atomic E-state index is -0.671. The van der Waals surface area contributed by atoms with E-state index < -0.39 is 11.6 Å². The van der Waals surface area contributed by atoms with Crippen LogP contribution in [0.2, 0.25) is 0 Å². The minimum absolute atomic E-state index is 0.170. The quantitative estimate of drug-likeness (QED) is 0.495. The number of aromatic amines is 1. The Labute approximate surface area is 163 Å². The second-order valence-electron chi connectivity index (χ2n) is 6.58. The molecule has 142 valence electrons. The number of rotatable bonds is 3. The highest BCUT2D eigenvalue weighted by atomic mass is 19.1. The van der Waals surface area contributed by atoms with E-state index in [0.29, 0.717) is 11.4 Å². The predicted octanol–water partition coefficient (Wildman–Crippen LogP) is 4.46. The van der Waals surface area contributed by atoms with Crippen molar-refractivity contribution in [3.8, 4) is 28.2 Å². The third-order valence-corrected chi connectivity index (χ3v) is 4.70. The second kappa shape index (κ2) is 6.59. The van der Waals surface area contributed by atoms with Crippen molar-refractivity contribution in [3.63, 3.8) is 0 Å². The van der Waals surface area contributed by atoms with E-state index in [1.54, 1.807) is 10.9 Å². The fourth-order valence-corrected chi connectivity index (χ4v) is 3.35. The van der Waals surface area contributed by atoms with Crippen molar-refractivity contribution in [2.45, 2.75) is 6.92 Å². The third kappa shape index (κ3) is 2.85. The summed E-state index contributed by atoms with van der Waals surface area (Å²) < 4.78 is 30.3. The summed E-state index contributed by atoms with van der Waals surface area (Å²) in [4.78, 5) is 8.68. The number of nitrogens with zero attached hydrogens (tertiary/aromatic N) is 5. The Hall–Kier alpha value is -3.94. The molecule has 0 aliphatic heterocycles. The second-order valence-corrected chi connectivity index (χ2v) is 6.58. The monoisotopic (exact) mass is 388 g/mol. The van der Waals surface area contributed by atoms with Crippen LogP contribution in [0, 0.1) is 18.6 Å². The predicted molar refractivity (Wildman–Crippen MR) is 104 cm³/mol. The summed E-state index contributed by atoms with van der Waals surface area (Å²) in [7, 11) is 0. The van der Waals surface area contributed by atoms with Crippen molar-refractivity contribution in [1.29, 1.82) is 0 Å². The number of H-pyrrole nitrogens is 1. The van der Waals surface area contributed by atoms with Gasteiger partial charge in [0, 0.05) is 23.3 Å². The van der Waals surface area contributed by atoms with Crippen LogP contribution >= 0.6 is 0 Å². The average Bonchev–Trinajstić information content (AvgIpc) is 3.36. The first-order valence-corrected chi connectivity index (χ1v) is 8.88. The first-order valence-electron chi connectivity index (χ1n) is 8.88. The maximum Gasteiger partial charge on any atom is 0.164 e. The van der Waals surface area contributed by atoms with Crippen LogP contribution in [0.3, 0.4) is 0 Å². The van der Waals surface area contributed by atoms with E-state index in [9.17, 15) is 8.78 Å². The molecule has 0 unspecified atom stereocenters. The molecule has 0 amide bonds. The molecule has 0 fully saturated rings. The highest BCUT2D eigenvalue weighted by Crippen LogP contribution is 2.35. The Morgan fingerprint density at radius 2 is 1.83 bits per heavy atom. The Morgan fingerprint density at radius 1 is 1.00 bits per heavy atom. The van der Waals surface area contributed by atoms with Gasteiger partial charge in [0.15, 0.2) is 5.82 Å². The molecule has 0 saturated heterocycles. The molecule has 5 aromatic rings. The number of hydrogen-bond donors (Lipinski definition) is 1. The number of benzene rings is 2. The van der Waals surface area contributed by atoms with Gasteiger partial charge in [-0.1, -0.05) is 12.1 Å². The van der Waals surface area contributed by atoms with Crippen LogP contribution in [-0.2, 0) is 0 Å². The molecule has 0 aliphatic carbocycles. The van der Waals surface area contributed by atoms with Gasteiger partial charge in [-0.05, 0) is 42.8 Å². The summed E-state index contributed by atoms with van der Waals surface area (Å²) in [5.41, 5.74) is 2.92. The van der Waals surface area contributed by atoms with Crippen molar-refractivity contribution in [3.05, 3.63) is 78.5 Å². The molecule has 1 N–H and O–H groups in total. The molecule has 2 aromatic carbocycles. The van der Waals surface area contributed by atoms with Gasteiger partial charge in [-0.25, -0.2) is 23.4 Å². The first kappa shape index (κ1) is 17.2. The van der Waals surface area contributed by atoms with Crippen LogP contribution in [0.4, 0.5) is 8.78 Å². The lowest BCUT2D eigenvalue weighted by molar-refractivity contribution is 0.588. The number of aromatic nitrogens is 6. The SMILES string of the molecule is Cc1ccn(-c2ncnc3ccc(-c4c[nH]nc4-c4c(F)cccc4F)cc23)n1. The van der Waals surface area contributed by atoms with E-state index in [2.05, 4.69) is 25.3 Å². The zero-order valence-corrected chi connectivity index (χ0v) is 15.3. The van der Waals surface area contributed by atoms with Crippen LogP contribution in [-0.4, -0.2) is 29.9 Å². The standard InChI is InChI=1S/C21H14F2N6/c1-12-7-8-29(28-12)21-14-9-13(5-6-18(14)24-11-25-21)15-10-26-27-20(15)19-16(22)3-2-4-17(19)23/h2-11H,1H3,(H,26,27). The Morgan fingerprint density at radius 3 is 2.59 bits per heavy atom. The summed E-state index contributed by atoms with van der Waals surface area (Å²) >= 11 is 0. The molecule has 29 heavy (non-hydrogen) atoms. The van der Waals surface area contributed by atoms with Gasteiger partial charge in [0.2, 0.25) is 0 Å². The molecule has 8 heteroatoms. The fourth-order valence-electron chi connectivity index (χ4n) is 3.35. The molecule has 6 nitrogen and oxygen atoms in total. The van der Waals surface area contributed by atoms with E-state index in [1.807, 2.05) is 37.4 Å². The van der Waals surface area contributed by atoms with E-state index in [4.69, 9.17) is 0 Å². The number of nitrogens with one attached hydrogen (secondary N) is 1. The fraction of sp³-hybridized carbons (Fsp3) is 0.0476. The van der Waals surface area contributed by atoms with Gasteiger partial charge in [0.05, 0.1) is 16.8 Å². The van der Waals surface area contributed by atoms with Crippen LogP contribution < -0.4 is 0 Å². The lowest BCUT2D eigenvalue weighted by atomic mass is 9.99. The van der Waals surface area contributed by atoms with Gasteiger partial charge >= 0.3 is 0 Å². The van der Waals surface area contributed by atoms with Crippen LogP contribution in [0.1, 0.15) is 5.69 Å². The van der Waals surface area contributed by atoms with Gasteiger partial charge in [-0.2, -0.15) is 10.2 Å². The lowest BCUT2D eigenvalue weighted by Crippen LogP contribution is -2.00. The zero-order valence-electron chi connectivity index (χ0n) is 15.3. The molecule has 0 saturated carbocycles.